The van der Waals surface area contributed by atoms with Gasteiger partial charge in [-0.25, -0.2) is 4.79 Å². The van der Waals surface area contributed by atoms with Crippen molar-refractivity contribution < 1.29 is 9.90 Å². The second kappa shape index (κ2) is 6.43. The number of hydrogen-bond acceptors (Lipinski definition) is 3. The van der Waals surface area contributed by atoms with Crippen LogP contribution in [0.15, 0.2) is 5.10 Å². The fourth-order valence-electron chi connectivity index (χ4n) is 1.99. The van der Waals surface area contributed by atoms with Crippen LogP contribution in [-0.2, 0) is 4.79 Å². The van der Waals surface area contributed by atoms with E-state index >= 15 is 0 Å². The molecule has 0 saturated heterocycles. The largest absolute Gasteiger partial charge is 0.477 e. The van der Waals surface area contributed by atoms with Gasteiger partial charge >= 0.3 is 5.97 Å². The number of rotatable bonds is 6. The molecule has 1 aliphatic carbocycles. The fourth-order valence-corrected chi connectivity index (χ4v) is 1.99. The van der Waals surface area contributed by atoms with Gasteiger partial charge in [-0.3, -0.25) is 0 Å². The van der Waals surface area contributed by atoms with Crippen LogP contribution in [0.5, 0.6) is 0 Å². The SMILES string of the molecule is C/C(=N\NCCCC1CCCC1)C(=O)O. The molecule has 4 nitrogen and oxygen atoms in total. The van der Waals surface area contributed by atoms with Gasteiger partial charge in [-0.1, -0.05) is 25.7 Å². The second-order valence-corrected chi connectivity index (χ2v) is 4.20. The highest BCUT2D eigenvalue weighted by molar-refractivity contribution is 6.34. The van der Waals surface area contributed by atoms with E-state index in [4.69, 9.17) is 5.11 Å². The van der Waals surface area contributed by atoms with Gasteiger partial charge in [0.05, 0.1) is 0 Å². The zero-order valence-electron chi connectivity index (χ0n) is 9.33. The number of hydrogen-bond donors (Lipinski definition) is 2. The molecule has 0 atom stereocenters. The average molecular weight is 212 g/mol. The minimum Gasteiger partial charge on any atom is -0.477 e. The van der Waals surface area contributed by atoms with Gasteiger partial charge in [0.15, 0.2) is 0 Å². The Morgan fingerprint density at radius 1 is 1.47 bits per heavy atom. The normalized spacial score (nSPS) is 18.1. The summed E-state index contributed by atoms with van der Waals surface area (Å²) in [6, 6.07) is 0. The molecule has 0 heterocycles. The van der Waals surface area contributed by atoms with Crippen molar-refractivity contribution >= 4 is 11.7 Å². The predicted molar refractivity (Wildman–Crippen MR) is 59.9 cm³/mol. The topological polar surface area (TPSA) is 61.7 Å². The molecule has 0 aliphatic heterocycles. The molecule has 1 saturated carbocycles. The summed E-state index contributed by atoms with van der Waals surface area (Å²) in [4.78, 5) is 10.4. The molecule has 1 fully saturated rings. The number of nitrogens with one attached hydrogen (secondary N) is 1. The van der Waals surface area contributed by atoms with Crippen LogP contribution in [0, 0.1) is 5.92 Å². The summed E-state index contributed by atoms with van der Waals surface area (Å²) in [6.07, 6.45) is 7.84. The van der Waals surface area contributed by atoms with Crippen molar-refractivity contribution in [3.8, 4) is 0 Å². The maximum absolute atomic E-state index is 10.4. The molecule has 0 aromatic carbocycles. The van der Waals surface area contributed by atoms with Crippen LogP contribution in [0.2, 0.25) is 0 Å². The van der Waals surface area contributed by atoms with Crippen LogP contribution in [-0.4, -0.2) is 23.3 Å². The number of nitrogens with zero attached hydrogens (tertiary/aromatic N) is 1. The van der Waals surface area contributed by atoms with Crippen molar-refractivity contribution in [2.24, 2.45) is 11.0 Å². The van der Waals surface area contributed by atoms with Crippen LogP contribution in [0.3, 0.4) is 0 Å². The summed E-state index contributed by atoms with van der Waals surface area (Å²) in [5.74, 6) is -0.0605. The maximum Gasteiger partial charge on any atom is 0.351 e. The number of carboxylic acid groups (broad SMARTS) is 1. The standard InChI is InChI=1S/C11H20N2O2/c1-9(11(14)15)13-12-8-4-7-10-5-2-3-6-10/h10,12H,2-8H2,1H3,(H,14,15)/b13-9+. The molecule has 0 amide bonds. The van der Waals surface area contributed by atoms with Crippen molar-refractivity contribution in [2.75, 3.05) is 6.54 Å². The van der Waals surface area contributed by atoms with Crippen molar-refractivity contribution in [1.82, 2.24) is 5.43 Å². The van der Waals surface area contributed by atoms with Crippen LogP contribution >= 0.6 is 0 Å². The molecule has 0 aromatic heterocycles. The Morgan fingerprint density at radius 3 is 2.73 bits per heavy atom. The summed E-state index contributed by atoms with van der Waals surface area (Å²) in [7, 11) is 0. The number of aliphatic carboxylic acids is 1. The van der Waals surface area contributed by atoms with Gasteiger partial charge in [-0.15, -0.1) is 0 Å². The minimum absolute atomic E-state index is 0.121. The summed E-state index contributed by atoms with van der Waals surface area (Å²) in [6.45, 7) is 2.27. The maximum atomic E-state index is 10.4. The average Bonchev–Trinajstić information content (AvgIpc) is 2.69. The first-order valence-electron chi connectivity index (χ1n) is 5.70. The van der Waals surface area contributed by atoms with E-state index in [1.165, 1.54) is 39.0 Å². The Balaban J connectivity index is 2.01. The molecule has 0 radical (unpaired) electrons. The molecule has 0 aromatic rings. The molecule has 0 bridgehead atoms. The summed E-state index contributed by atoms with van der Waals surface area (Å²) < 4.78 is 0. The van der Waals surface area contributed by atoms with Crippen molar-refractivity contribution in [2.45, 2.75) is 45.4 Å². The first-order valence-corrected chi connectivity index (χ1v) is 5.70. The van der Waals surface area contributed by atoms with Gasteiger partial charge in [0.1, 0.15) is 5.71 Å². The molecule has 15 heavy (non-hydrogen) atoms. The first-order chi connectivity index (χ1) is 7.20. The van der Waals surface area contributed by atoms with Crippen molar-refractivity contribution in [3.05, 3.63) is 0 Å². The predicted octanol–water partition coefficient (Wildman–Crippen LogP) is 2.01. The number of carboxylic acids is 1. The lowest BCUT2D eigenvalue weighted by molar-refractivity contribution is -0.129. The Labute approximate surface area is 90.8 Å². The lowest BCUT2D eigenvalue weighted by atomic mass is 10.0. The molecular formula is C11H20N2O2. The third-order valence-electron chi connectivity index (χ3n) is 2.93. The number of carbonyl (C=O) groups is 1. The molecule has 0 spiro atoms. The molecule has 1 aliphatic rings. The van der Waals surface area contributed by atoms with Gasteiger partial charge in [-0.2, -0.15) is 5.10 Å². The molecule has 2 N–H and O–H groups in total. The van der Waals surface area contributed by atoms with Crippen LogP contribution in [0.4, 0.5) is 0 Å². The van der Waals surface area contributed by atoms with Gasteiger partial charge in [0, 0.05) is 6.54 Å². The van der Waals surface area contributed by atoms with E-state index in [0.29, 0.717) is 0 Å². The highest BCUT2D eigenvalue weighted by Crippen LogP contribution is 2.28. The van der Waals surface area contributed by atoms with Crippen molar-refractivity contribution in [3.63, 3.8) is 0 Å². The van der Waals surface area contributed by atoms with Crippen LogP contribution in [0.25, 0.3) is 0 Å². The first kappa shape index (κ1) is 12.0. The zero-order valence-corrected chi connectivity index (χ0v) is 9.33. The monoisotopic (exact) mass is 212 g/mol. The van der Waals surface area contributed by atoms with E-state index in [1.807, 2.05) is 0 Å². The molecule has 86 valence electrons. The third kappa shape index (κ3) is 4.81. The lowest BCUT2D eigenvalue weighted by Crippen LogP contribution is -2.16. The van der Waals surface area contributed by atoms with Gasteiger partial charge in [0.25, 0.3) is 0 Å². The van der Waals surface area contributed by atoms with Gasteiger partial charge in [0.2, 0.25) is 0 Å². The Kier molecular flexibility index (Phi) is 5.15. The Hall–Kier alpha value is -1.06. The summed E-state index contributed by atoms with van der Waals surface area (Å²) in [5, 5.41) is 12.3. The van der Waals surface area contributed by atoms with Crippen LogP contribution in [0.1, 0.15) is 45.4 Å². The summed E-state index contributed by atoms with van der Waals surface area (Å²) in [5.41, 5.74) is 2.92. The van der Waals surface area contributed by atoms with E-state index in [0.717, 1.165) is 18.9 Å². The zero-order chi connectivity index (χ0) is 11.1. The molecular weight excluding hydrogens is 192 g/mol. The fraction of sp³-hybridized carbons (Fsp3) is 0.818. The molecule has 0 unspecified atom stereocenters. The second-order valence-electron chi connectivity index (χ2n) is 4.20. The Bertz CT molecular complexity index is 233. The smallest absolute Gasteiger partial charge is 0.351 e. The van der Waals surface area contributed by atoms with Crippen LogP contribution < -0.4 is 5.43 Å². The number of hydrazone groups is 1. The van der Waals surface area contributed by atoms with E-state index in [1.54, 1.807) is 0 Å². The lowest BCUT2D eigenvalue weighted by Gasteiger charge is -2.07. The van der Waals surface area contributed by atoms with E-state index < -0.39 is 5.97 Å². The highest BCUT2D eigenvalue weighted by atomic mass is 16.4. The van der Waals surface area contributed by atoms with E-state index in [9.17, 15) is 4.79 Å². The highest BCUT2D eigenvalue weighted by Gasteiger charge is 2.13. The quantitative estimate of drug-likeness (QED) is 0.402. The van der Waals surface area contributed by atoms with Gasteiger partial charge < -0.3 is 10.5 Å². The Morgan fingerprint density at radius 2 is 2.13 bits per heavy atom. The van der Waals surface area contributed by atoms with Crippen molar-refractivity contribution in [1.29, 1.82) is 0 Å². The van der Waals surface area contributed by atoms with E-state index in [2.05, 4.69) is 10.5 Å². The minimum atomic E-state index is -0.960. The summed E-state index contributed by atoms with van der Waals surface area (Å²) >= 11 is 0. The third-order valence-corrected chi connectivity index (χ3v) is 2.93. The molecule has 4 heteroatoms. The molecule has 1 rings (SSSR count). The van der Waals surface area contributed by atoms with E-state index in [-0.39, 0.29) is 5.71 Å². The van der Waals surface area contributed by atoms with Gasteiger partial charge in [-0.05, 0) is 25.7 Å².